The second-order valence-electron chi connectivity index (χ2n) is 37.5. The Balaban J connectivity index is 0.775. The maximum absolute atomic E-state index is 15.6. The third-order valence-corrected chi connectivity index (χ3v) is 30.9. The van der Waals surface area contributed by atoms with Crippen LogP contribution in [-0.2, 0) is 67.8 Å². The Morgan fingerprint density at radius 3 is 2.16 bits per heavy atom. The van der Waals surface area contributed by atoms with E-state index in [4.69, 9.17) is 9.73 Å². The fourth-order valence-corrected chi connectivity index (χ4v) is 23.9. The van der Waals surface area contributed by atoms with Crippen molar-refractivity contribution in [1.82, 2.24) is 57.7 Å². The summed E-state index contributed by atoms with van der Waals surface area (Å²) in [5.74, 6) is -4.38. The van der Waals surface area contributed by atoms with Gasteiger partial charge in [-0.25, -0.2) is 9.36 Å². The summed E-state index contributed by atoms with van der Waals surface area (Å²) in [6.45, 7) is 14.3. The molecular weight excluding hydrogens is 1630 g/mol. The lowest BCUT2D eigenvalue weighted by Crippen LogP contribution is -2.61. The molecule has 5 aliphatic carbocycles. The molecule has 10 amide bonds. The van der Waals surface area contributed by atoms with Gasteiger partial charge in [-0.1, -0.05) is 172 Å². The van der Waals surface area contributed by atoms with E-state index in [1.54, 1.807) is 108 Å². The summed E-state index contributed by atoms with van der Waals surface area (Å²) in [7, 11) is 3.74. The molecule has 1 aromatic heterocycles. The minimum absolute atomic E-state index is 0.0204. The van der Waals surface area contributed by atoms with Crippen LogP contribution < -0.4 is 52.4 Å². The summed E-state index contributed by atoms with van der Waals surface area (Å²) in [5, 5.41) is 58.1. The van der Waals surface area contributed by atoms with Crippen molar-refractivity contribution < 1.29 is 77.4 Å². The smallest absolute Gasteiger partial charge is 0.407 e. The molecule has 4 aliphatic heterocycles. The lowest BCUT2D eigenvalue weighted by atomic mass is 9.47. The number of ketones is 1. The number of carbonyl (C=O) groups is 11. The van der Waals surface area contributed by atoms with Crippen LogP contribution in [0.25, 0.3) is 0 Å². The number of aryl methyl sites for hydroxylation is 1. The Kier molecular flexibility index (Phi) is 33.8. The van der Waals surface area contributed by atoms with E-state index in [0.717, 1.165) is 59.1 Å². The molecule has 12 rings (SSSR count). The number of nitrogens with one attached hydrogen (secondary N) is 9. The number of amides is 10. The first-order valence-electron chi connectivity index (χ1n) is 45.8. The van der Waals surface area contributed by atoms with Crippen LogP contribution in [-0.4, -0.2) is 225 Å². The molecule has 22 unspecified atom stereocenters. The molecule has 3 saturated heterocycles. The van der Waals surface area contributed by atoms with Crippen molar-refractivity contribution in [1.29, 1.82) is 0 Å². The van der Waals surface area contributed by atoms with Crippen LogP contribution in [0.15, 0.2) is 126 Å². The largest absolute Gasteiger partial charge is 0.446 e. The van der Waals surface area contributed by atoms with Crippen molar-refractivity contribution in [2.45, 2.75) is 268 Å². The summed E-state index contributed by atoms with van der Waals surface area (Å²) in [6, 6.07) is 7.52. The lowest BCUT2D eigenvalue weighted by molar-refractivity contribution is -0.671. The summed E-state index contributed by atoms with van der Waals surface area (Å²) in [6.07, 6.45) is 26.2. The molecule has 0 bridgehead atoms. The molecule has 6 fully saturated rings. The molecule has 12 N–H and O–H groups in total. The zero-order valence-electron chi connectivity index (χ0n) is 73.9. The number of hydrogen-bond acceptors (Lipinski definition) is 19. The Morgan fingerprint density at radius 2 is 1.43 bits per heavy atom. The van der Waals surface area contributed by atoms with E-state index in [9.17, 15) is 44.1 Å². The third-order valence-electron chi connectivity index (χ3n) is 28.5. The van der Waals surface area contributed by atoms with Crippen LogP contribution in [0, 0.1) is 58.2 Å². The number of alkyl carbamates (subject to hydrolysis) is 1. The van der Waals surface area contributed by atoms with Crippen molar-refractivity contribution in [2.24, 2.45) is 70.2 Å². The van der Waals surface area contributed by atoms with Crippen LogP contribution in [0.4, 0.5) is 4.79 Å². The molecule has 30 heteroatoms. The number of hydrogen-bond donors (Lipinski definition) is 12. The van der Waals surface area contributed by atoms with Gasteiger partial charge in [-0.05, 0) is 180 Å². The third kappa shape index (κ3) is 24.2. The van der Waals surface area contributed by atoms with Crippen molar-refractivity contribution in [2.75, 3.05) is 44.3 Å². The quantitative estimate of drug-likeness (QED) is 0.0148. The van der Waals surface area contributed by atoms with E-state index in [-0.39, 0.29) is 92.5 Å². The summed E-state index contributed by atoms with van der Waals surface area (Å²) in [4.78, 5) is 172. The van der Waals surface area contributed by atoms with E-state index in [1.165, 1.54) is 69.3 Å². The second kappa shape index (κ2) is 44.3. The van der Waals surface area contributed by atoms with Crippen LogP contribution in [0.5, 0.6) is 0 Å². The van der Waals surface area contributed by atoms with E-state index < -0.39 is 151 Å². The molecule has 28 nitrogen and oxygen atoms in total. The number of likely N-dealkylation sites (tertiary alicyclic amines) is 2. The van der Waals surface area contributed by atoms with Gasteiger partial charge in [-0.15, -0.1) is 0 Å². The first kappa shape index (κ1) is 95.3. The fourth-order valence-electron chi connectivity index (χ4n) is 21.6. The number of nitrogens with zero attached hydrogens (tertiary/aromatic N) is 4. The van der Waals surface area contributed by atoms with Gasteiger partial charge in [0.05, 0.1) is 49.5 Å². The number of ether oxygens (including phenoxy) is 1. The van der Waals surface area contributed by atoms with Gasteiger partial charge in [0.25, 0.3) is 5.91 Å². The molecule has 0 radical (unpaired) electrons. The molecule has 3 saturated carbocycles. The maximum atomic E-state index is 15.6. The van der Waals surface area contributed by atoms with Crippen molar-refractivity contribution in [3.05, 3.63) is 138 Å². The number of rotatable bonds is 28. The number of aliphatic hydroxyl groups is 3. The number of aliphatic hydroxyl groups excluding tert-OH is 3. The molecule has 3 aromatic rings. The van der Waals surface area contributed by atoms with Gasteiger partial charge in [-0.3, -0.25) is 58.3 Å². The first-order chi connectivity index (χ1) is 60.0. The maximum Gasteiger partial charge on any atom is 0.407 e. The summed E-state index contributed by atoms with van der Waals surface area (Å²) < 4.78 is 8.04. The molecule has 5 heterocycles. The van der Waals surface area contributed by atoms with Gasteiger partial charge in [-0.2, -0.15) is 0 Å². The van der Waals surface area contributed by atoms with Gasteiger partial charge in [0, 0.05) is 68.1 Å². The molecule has 23 atom stereocenters. The average molecular weight is 1760 g/mol. The van der Waals surface area contributed by atoms with Crippen molar-refractivity contribution in [3.63, 3.8) is 0 Å². The Bertz CT molecular complexity index is 4400. The number of benzene rings is 2. The van der Waals surface area contributed by atoms with Gasteiger partial charge in [0.15, 0.2) is 18.2 Å². The topological polar surface area (TPSA) is 389 Å². The van der Waals surface area contributed by atoms with Crippen molar-refractivity contribution in [3.8, 4) is 0 Å². The number of Topliss-reactive ketones (excluding diaryl/α,β-unsaturated/α-hetero) is 1. The molecule has 0 spiro atoms. The summed E-state index contributed by atoms with van der Waals surface area (Å²) in [5.41, 5.74) is 3.40. The standard InChI is InChI=1S/C95H133N13O15S2/c1-57(2)23-19-24-58(3)69-39-40-70-68-38-36-65-35-37-66(50-95(65,7)71(68)41-42-94(69,70)6)123-93(122)96-43-18-17-32-73-84(113)105-83(60(5)111)90(119)104-79(88(117)102-77(54-109)59(4)110)56-125-124-55-78(87(116)100-75(47-61-25-11-9-12-26-61)85(114)99-74(82(112)52-98-73)49-64-51-97-72-31-16-15-30-67(64)72)103-86(115)76(48-62-27-13-10-14-28-62)101-89(118)80-33-21-45-107(80)92(121)81-34-22-46-108(81)91(120)63-29-20-44-106(8)53-63/h9-16,20,25-31,36,44,51,53,57-60,64,66-81,83,98,109-111H,17-19,21-24,32-35,37-43,45-50,52,54-56H2,1-8H3,(H7-,96,99,100,101,102,103,104,105,113,114,115,116,117,118,119,122)/p+1/t58?,59?,60?,64?,66-,67?,68?,69?,70?,71?,72?,73?,74?,75?,76?,77?,78?,79?,80?,81?,83?,94?,95?/m1/s1. The SMILES string of the molecule is CC(C)CCCC(C)C1CCC2C3CC=C4CC[C@@H](OC(=O)NCCCCC5NCC(=O)C(CC6C=NC7C=CC=CC67)NC(=O)C(Cc6ccccc6)NC(=O)C(NC(=O)C(Cc6ccccc6)NC(=O)C6CCCN6C(=O)C6CCCN6C(=O)c6ccc[n+](C)c6)CSSCC(C(=O)NC(CO)C(C)O)NC(=O)C(C(C)O)NC5=O)CC4(C)C3CCC12C. The van der Waals surface area contributed by atoms with Crippen LogP contribution >= 0.6 is 21.6 Å². The Hall–Kier alpha value is -8.81. The number of allylic oxidation sites excluding steroid dienone is 4. The van der Waals surface area contributed by atoms with E-state index >= 15 is 24.0 Å². The molecule has 2 aromatic carbocycles. The van der Waals surface area contributed by atoms with Gasteiger partial charge in [0.2, 0.25) is 47.3 Å². The first-order valence-corrected chi connectivity index (χ1v) is 48.3. The molecule has 125 heavy (non-hydrogen) atoms. The molecular formula is C95H134N13O15S2+. The Morgan fingerprint density at radius 1 is 0.720 bits per heavy atom. The summed E-state index contributed by atoms with van der Waals surface area (Å²) >= 11 is 0. The lowest BCUT2D eigenvalue weighted by Gasteiger charge is -2.58. The highest BCUT2D eigenvalue weighted by molar-refractivity contribution is 8.76. The molecule has 680 valence electrons. The predicted octanol–water partition coefficient (Wildman–Crippen LogP) is 7.17. The van der Waals surface area contributed by atoms with Gasteiger partial charge < -0.3 is 72.4 Å². The highest BCUT2D eigenvalue weighted by Crippen LogP contribution is 2.67. The minimum atomic E-state index is -1.74. The van der Waals surface area contributed by atoms with Crippen molar-refractivity contribution >= 4 is 92.8 Å². The number of fused-ring (bicyclic) bond motifs is 6. The van der Waals surface area contributed by atoms with E-state index in [2.05, 4.69) is 88.5 Å². The second-order valence-corrected chi connectivity index (χ2v) is 40.1. The predicted molar refractivity (Wildman–Crippen MR) is 480 cm³/mol. The number of aromatic nitrogens is 1. The minimum Gasteiger partial charge on any atom is -0.446 e. The highest BCUT2D eigenvalue weighted by Gasteiger charge is 2.60. The number of carbonyl (C=O) groups excluding carboxylic acids is 11. The zero-order valence-corrected chi connectivity index (χ0v) is 75.5. The normalized spacial score (nSPS) is 31.0. The Labute approximate surface area is 744 Å². The van der Waals surface area contributed by atoms with Crippen LogP contribution in [0.3, 0.4) is 0 Å². The van der Waals surface area contributed by atoms with Gasteiger partial charge >= 0.3 is 6.09 Å². The van der Waals surface area contributed by atoms with E-state index in [1.807, 2.05) is 24.3 Å². The number of aliphatic imine (C=N–C) groups is 1. The van der Waals surface area contributed by atoms with Gasteiger partial charge in [0.1, 0.15) is 61.0 Å². The monoisotopic (exact) mass is 1760 g/mol. The fraction of sp³-hybridized carbons (Fsp3) is 0.632. The number of unbranched alkanes of at least 4 members (excludes halogenated alkanes) is 1. The highest BCUT2D eigenvalue weighted by atomic mass is 33.1. The average Bonchev–Trinajstić information content (AvgIpc) is 1.65. The van der Waals surface area contributed by atoms with Crippen LogP contribution in [0.2, 0.25) is 0 Å². The van der Waals surface area contributed by atoms with Crippen LogP contribution in [0.1, 0.15) is 192 Å². The van der Waals surface area contributed by atoms with E-state index in [0.29, 0.717) is 78.0 Å². The number of pyridine rings is 1. The zero-order chi connectivity index (χ0) is 89.2. The molecule has 9 aliphatic rings.